The van der Waals surface area contributed by atoms with E-state index < -0.39 is 16.1 Å². The summed E-state index contributed by atoms with van der Waals surface area (Å²) in [5.74, 6) is 0.649. The van der Waals surface area contributed by atoms with Crippen LogP contribution in [0.4, 0.5) is 0 Å². The number of sulfonamides is 1. The van der Waals surface area contributed by atoms with E-state index in [9.17, 15) is 8.42 Å². The van der Waals surface area contributed by atoms with Crippen LogP contribution in [0.2, 0.25) is 0 Å². The van der Waals surface area contributed by atoms with E-state index in [2.05, 4.69) is 15.0 Å². The summed E-state index contributed by atoms with van der Waals surface area (Å²) in [5, 5.41) is 0. The van der Waals surface area contributed by atoms with Gasteiger partial charge in [-0.25, -0.2) is 18.4 Å². The average molecular weight is 334 g/mol. The molecule has 23 heavy (non-hydrogen) atoms. The van der Waals surface area contributed by atoms with Crippen molar-refractivity contribution in [1.82, 2.24) is 19.3 Å². The molecule has 1 fully saturated rings. The van der Waals surface area contributed by atoms with E-state index in [1.165, 1.54) is 10.5 Å². The molecule has 122 valence electrons. The highest BCUT2D eigenvalue weighted by molar-refractivity contribution is 7.89. The van der Waals surface area contributed by atoms with Gasteiger partial charge in [-0.05, 0) is 32.0 Å². The first-order chi connectivity index (χ1) is 11.0. The fourth-order valence-electron chi connectivity index (χ4n) is 2.58. The number of pyridine rings is 1. The second-order valence-corrected chi connectivity index (χ2v) is 7.33. The Morgan fingerprint density at radius 2 is 2.13 bits per heavy atom. The van der Waals surface area contributed by atoms with Gasteiger partial charge in [-0.15, -0.1) is 0 Å². The fourth-order valence-corrected chi connectivity index (χ4v) is 3.97. The molecule has 1 unspecified atom stereocenters. The van der Waals surface area contributed by atoms with Crippen molar-refractivity contribution >= 4 is 10.0 Å². The topological polar surface area (TPSA) is 85.3 Å². The Hall–Kier alpha value is -1.90. The minimum Gasteiger partial charge on any atom is -0.369 e. The second-order valence-electron chi connectivity index (χ2n) is 5.39. The molecular weight excluding hydrogens is 316 g/mol. The van der Waals surface area contributed by atoms with E-state index in [-0.39, 0.29) is 11.4 Å². The highest BCUT2D eigenvalue weighted by Gasteiger charge is 2.32. The minimum atomic E-state index is -3.58. The van der Waals surface area contributed by atoms with Crippen molar-refractivity contribution in [2.24, 2.45) is 0 Å². The summed E-state index contributed by atoms with van der Waals surface area (Å²) in [6.45, 7) is 4.56. The van der Waals surface area contributed by atoms with Gasteiger partial charge in [-0.3, -0.25) is 4.98 Å². The third-order valence-electron chi connectivity index (χ3n) is 3.62. The van der Waals surface area contributed by atoms with Crippen LogP contribution in [-0.4, -0.2) is 47.4 Å². The normalized spacial score (nSPS) is 19.7. The smallest absolute Gasteiger partial charge is 0.244 e. The quantitative estimate of drug-likeness (QED) is 0.840. The van der Waals surface area contributed by atoms with E-state index in [1.54, 1.807) is 18.3 Å². The summed E-state index contributed by atoms with van der Waals surface area (Å²) in [7, 11) is -3.58. The van der Waals surface area contributed by atoms with Gasteiger partial charge in [0.25, 0.3) is 0 Å². The number of aromatic nitrogens is 3. The van der Waals surface area contributed by atoms with Crippen LogP contribution in [0.5, 0.6) is 0 Å². The van der Waals surface area contributed by atoms with E-state index in [0.717, 1.165) is 5.69 Å². The average Bonchev–Trinajstić information content (AvgIpc) is 2.55. The molecule has 8 heteroatoms. The maximum Gasteiger partial charge on any atom is 0.244 e. The first kappa shape index (κ1) is 16.0. The molecule has 0 saturated carbocycles. The van der Waals surface area contributed by atoms with E-state index in [1.807, 2.05) is 19.9 Å². The molecule has 0 aliphatic carbocycles. The van der Waals surface area contributed by atoms with Crippen molar-refractivity contribution < 1.29 is 13.2 Å². The van der Waals surface area contributed by atoms with E-state index in [4.69, 9.17) is 4.74 Å². The van der Waals surface area contributed by atoms with Crippen LogP contribution < -0.4 is 0 Å². The van der Waals surface area contributed by atoms with Crippen LogP contribution in [0.15, 0.2) is 35.5 Å². The van der Waals surface area contributed by atoms with Gasteiger partial charge in [-0.2, -0.15) is 4.31 Å². The molecule has 0 bridgehead atoms. The molecule has 0 amide bonds. The number of ether oxygens (including phenoxy) is 1. The SMILES string of the molecule is Cc1cc(C2CN(S(=O)(=O)c3cccnc3)CCO2)nc(C)n1. The molecule has 1 aliphatic heterocycles. The number of hydrogen-bond donors (Lipinski definition) is 0. The lowest BCUT2D eigenvalue weighted by molar-refractivity contribution is -0.00513. The maximum absolute atomic E-state index is 12.7. The summed E-state index contributed by atoms with van der Waals surface area (Å²) in [6.07, 6.45) is 2.52. The van der Waals surface area contributed by atoms with Crippen LogP contribution in [-0.2, 0) is 14.8 Å². The molecule has 0 spiro atoms. The van der Waals surface area contributed by atoms with Crippen molar-refractivity contribution in [3.05, 3.63) is 47.8 Å². The number of nitrogens with zero attached hydrogens (tertiary/aromatic N) is 4. The lowest BCUT2D eigenvalue weighted by Gasteiger charge is -2.31. The monoisotopic (exact) mass is 334 g/mol. The predicted octanol–water partition coefficient (Wildman–Crippen LogP) is 1.25. The Morgan fingerprint density at radius 1 is 1.30 bits per heavy atom. The lowest BCUT2D eigenvalue weighted by Crippen LogP contribution is -2.42. The first-order valence-corrected chi connectivity index (χ1v) is 8.75. The van der Waals surface area contributed by atoms with Crippen molar-refractivity contribution in [3.8, 4) is 0 Å². The van der Waals surface area contributed by atoms with Crippen LogP contribution >= 0.6 is 0 Å². The third-order valence-corrected chi connectivity index (χ3v) is 5.47. The molecule has 0 aromatic carbocycles. The number of rotatable bonds is 3. The van der Waals surface area contributed by atoms with Crippen LogP contribution in [0.25, 0.3) is 0 Å². The molecular formula is C15H18N4O3S. The van der Waals surface area contributed by atoms with Gasteiger partial charge in [-0.1, -0.05) is 0 Å². The zero-order valence-corrected chi connectivity index (χ0v) is 13.8. The summed E-state index contributed by atoms with van der Waals surface area (Å²) >= 11 is 0. The number of morpholine rings is 1. The molecule has 1 aliphatic rings. The Bertz CT molecular complexity index is 775. The molecule has 2 aromatic heterocycles. The fraction of sp³-hybridized carbons (Fsp3) is 0.400. The van der Waals surface area contributed by atoms with Crippen molar-refractivity contribution in [3.63, 3.8) is 0 Å². The number of hydrogen-bond acceptors (Lipinski definition) is 6. The summed E-state index contributed by atoms with van der Waals surface area (Å²) in [5.41, 5.74) is 1.55. The van der Waals surface area contributed by atoms with Gasteiger partial charge in [0.1, 0.15) is 16.8 Å². The molecule has 0 N–H and O–H groups in total. The minimum absolute atomic E-state index is 0.190. The molecule has 1 atom stereocenters. The van der Waals surface area contributed by atoms with Gasteiger partial charge >= 0.3 is 0 Å². The van der Waals surface area contributed by atoms with E-state index >= 15 is 0 Å². The summed E-state index contributed by atoms with van der Waals surface area (Å²) in [4.78, 5) is 12.7. The third kappa shape index (κ3) is 3.39. The zero-order valence-electron chi connectivity index (χ0n) is 13.0. The van der Waals surface area contributed by atoms with Gasteiger partial charge in [0.2, 0.25) is 10.0 Å². The highest BCUT2D eigenvalue weighted by Crippen LogP contribution is 2.25. The standard InChI is InChI=1S/C15H18N4O3S/c1-11-8-14(18-12(2)17-11)15-10-19(6-7-22-15)23(20,21)13-4-3-5-16-9-13/h3-5,8-9,15H,6-7,10H2,1-2H3. The first-order valence-electron chi connectivity index (χ1n) is 7.31. The van der Waals surface area contributed by atoms with Gasteiger partial charge < -0.3 is 4.74 Å². The van der Waals surface area contributed by atoms with Gasteiger partial charge in [0.15, 0.2) is 0 Å². The Balaban J connectivity index is 1.86. The molecule has 7 nitrogen and oxygen atoms in total. The molecule has 1 saturated heterocycles. The van der Waals surface area contributed by atoms with Crippen molar-refractivity contribution in [1.29, 1.82) is 0 Å². The number of aryl methyl sites for hydroxylation is 2. The largest absolute Gasteiger partial charge is 0.369 e. The zero-order chi connectivity index (χ0) is 16.4. The summed E-state index contributed by atoms with van der Waals surface area (Å²) in [6, 6.07) is 4.99. The molecule has 2 aromatic rings. The Kier molecular flexibility index (Phi) is 4.38. The van der Waals surface area contributed by atoms with Gasteiger partial charge in [0, 0.05) is 31.2 Å². The van der Waals surface area contributed by atoms with Gasteiger partial charge in [0.05, 0.1) is 12.3 Å². The van der Waals surface area contributed by atoms with E-state index in [0.29, 0.717) is 24.7 Å². The Labute approximate surface area is 135 Å². The lowest BCUT2D eigenvalue weighted by atomic mass is 10.2. The van der Waals surface area contributed by atoms with Crippen molar-refractivity contribution in [2.45, 2.75) is 24.8 Å². The van der Waals surface area contributed by atoms with Crippen molar-refractivity contribution in [2.75, 3.05) is 19.7 Å². The molecule has 3 rings (SSSR count). The highest BCUT2D eigenvalue weighted by atomic mass is 32.2. The summed E-state index contributed by atoms with van der Waals surface area (Å²) < 4.78 is 32.5. The molecule has 3 heterocycles. The molecule has 0 radical (unpaired) electrons. The predicted molar refractivity (Wildman–Crippen MR) is 83.2 cm³/mol. The van der Waals surface area contributed by atoms with Crippen LogP contribution in [0.3, 0.4) is 0 Å². The maximum atomic E-state index is 12.7. The Morgan fingerprint density at radius 3 is 2.83 bits per heavy atom. The van der Waals surface area contributed by atoms with Crippen LogP contribution in [0.1, 0.15) is 23.3 Å². The van der Waals surface area contributed by atoms with Crippen LogP contribution in [0, 0.1) is 13.8 Å². The second kappa shape index (κ2) is 6.31.